The highest BCUT2D eigenvalue weighted by atomic mass is 32.2. The molecule has 0 spiro atoms. The summed E-state index contributed by atoms with van der Waals surface area (Å²) in [6.07, 6.45) is -3.53. The van der Waals surface area contributed by atoms with Gasteiger partial charge in [-0.05, 0) is 41.5 Å². The Morgan fingerprint density at radius 2 is 1.52 bits per heavy atom. The predicted molar refractivity (Wildman–Crippen MR) is 71.7 cm³/mol. The van der Waals surface area contributed by atoms with Gasteiger partial charge in [-0.2, -0.15) is 13.2 Å². The van der Waals surface area contributed by atoms with E-state index in [1.54, 1.807) is 0 Å². The van der Waals surface area contributed by atoms with Crippen molar-refractivity contribution in [2.24, 2.45) is 0 Å². The molecule has 0 aliphatic rings. The summed E-state index contributed by atoms with van der Waals surface area (Å²) in [5.41, 5.74) is -0.434. The van der Waals surface area contributed by atoms with Crippen LogP contribution < -0.4 is 0 Å². The summed E-state index contributed by atoms with van der Waals surface area (Å²) in [5, 5.41) is 9.41. The molecule has 1 N–H and O–H groups in total. The average molecular weight is 316 g/mol. The molecule has 112 valence electrons. The van der Waals surface area contributed by atoms with Crippen molar-refractivity contribution < 1.29 is 26.7 Å². The molecule has 0 atom stereocenters. The first kappa shape index (κ1) is 15.4. The first-order valence-electron chi connectivity index (χ1n) is 5.79. The zero-order chi connectivity index (χ0) is 15.8. The first-order chi connectivity index (χ1) is 9.57. The Labute approximate surface area is 119 Å². The van der Waals surface area contributed by atoms with Gasteiger partial charge in [-0.15, -0.1) is 0 Å². The number of benzene rings is 2. The molecule has 0 bridgehead atoms. The summed E-state index contributed by atoms with van der Waals surface area (Å²) >= 11 is 0. The van der Waals surface area contributed by atoms with Gasteiger partial charge < -0.3 is 5.11 Å². The number of alkyl halides is 3. The van der Waals surface area contributed by atoms with Gasteiger partial charge in [-0.1, -0.05) is 12.1 Å². The van der Waals surface area contributed by atoms with Gasteiger partial charge in [0.2, 0.25) is 0 Å². The van der Waals surface area contributed by atoms with E-state index < -0.39 is 27.3 Å². The lowest BCUT2D eigenvalue weighted by atomic mass is 10.0. The van der Waals surface area contributed by atoms with Gasteiger partial charge in [0, 0.05) is 6.26 Å². The maximum absolute atomic E-state index is 12.7. The zero-order valence-electron chi connectivity index (χ0n) is 10.8. The highest BCUT2D eigenvalue weighted by Crippen LogP contribution is 2.35. The van der Waals surface area contributed by atoms with Crippen LogP contribution in [0.25, 0.3) is 11.1 Å². The predicted octanol–water partition coefficient (Wildman–Crippen LogP) is 3.48. The zero-order valence-corrected chi connectivity index (χ0v) is 11.7. The second kappa shape index (κ2) is 5.07. The SMILES string of the molecule is CS(=O)(=O)c1ccc(-c2cc(O)cc(C(F)(F)F)c2)cc1. The minimum Gasteiger partial charge on any atom is -0.508 e. The van der Waals surface area contributed by atoms with E-state index in [0.717, 1.165) is 12.3 Å². The molecule has 0 radical (unpaired) electrons. The number of halogens is 3. The van der Waals surface area contributed by atoms with Crippen molar-refractivity contribution in [3.63, 3.8) is 0 Å². The number of hydrogen-bond acceptors (Lipinski definition) is 3. The van der Waals surface area contributed by atoms with Crippen LogP contribution in [0.1, 0.15) is 5.56 Å². The quantitative estimate of drug-likeness (QED) is 0.923. The van der Waals surface area contributed by atoms with Crippen LogP contribution in [0.15, 0.2) is 47.4 Å². The monoisotopic (exact) mass is 316 g/mol. The van der Waals surface area contributed by atoms with Crippen molar-refractivity contribution in [2.75, 3.05) is 6.26 Å². The van der Waals surface area contributed by atoms with Gasteiger partial charge >= 0.3 is 6.18 Å². The van der Waals surface area contributed by atoms with E-state index in [1.165, 1.54) is 30.3 Å². The topological polar surface area (TPSA) is 54.4 Å². The Bertz CT molecular complexity index is 763. The fourth-order valence-corrected chi connectivity index (χ4v) is 2.47. The number of hydrogen-bond donors (Lipinski definition) is 1. The molecule has 0 saturated carbocycles. The maximum atomic E-state index is 12.7. The van der Waals surface area contributed by atoms with Crippen molar-refractivity contribution in [3.8, 4) is 16.9 Å². The summed E-state index contributed by atoms with van der Waals surface area (Å²) in [5.74, 6) is -0.507. The smallest absolute Gasteiger partial charge is 0.416 e. The van der Waals surface area contributed by atoms with Crippen LogP contribution >= 0.6 is 0 Å². The Balaban J connectivity index is 2.50. The lowest BCUT2D eigenvalue weighted by Gasteiger charge is -2.10. The molecule has 0 fully saturated rings. The molecule has 21 heavy (non-hydrogen) atoms. The van der Waals surface area contributed by atoms with Gasteiger partial charge in [-0.25, -0.2) is 8.42 Å². The molecule has 0 saturated heterocycles. The molecule has 0 heterocycles. The molecular formula is C14H11F3O3S. The Morgan fingerprint density at radius 1 is 0.952 bits per heavy atom. The molecule has 0 unspecified atom stereocenters. The van der Waals surface area contributed by atoms with E-state index in [9.17, 15) is 26.7 Å². The second-order valence-corrected chi connectivity index (χ2v) is 6.58. The van der Waals surface area contributed by atoms with E-state index in [-0.39, 0.29) is 10.5 Å². The highest BCUT2D eigenvalue weighted by molar-refractivity contribution is 7.90. The van der Waals surface area contributed by atoms with Crippen molar-refractivity contribution in [3.05, 3.63) is 48.0 Å². The highest BCUT2D eigenvalue weighted by Gasteiger charge is 2.31. The van der Waals surface area contributed by atoms with E-state index in [1.807, 2.05) is 0 Å². The van der Waals surface area contributed by atoms with Crippen molar-refractivity contribution >= 4 is 9.84 Å². The van der Waals surface area contributed by atoms with E-state index in [4.69, 9.17) is 0 Å². The summed E-state index contributed by atoms with van der Waals surface area (Å²) in [7, 11) is -3.37. The molecule has 7 heteroatoms. The van der Waals surface area contributed by atoms with Crippen molar-refractivity contribution in [2.45, 2.75) is 11.1 Å². The Kier molecular flexibility index (Phi) is 3.71. The molecule has 2 aromatic rings. The minimum absolute atomic E-state index is 0.0717. The maximum Gasteiger partial charge on any atom is 0.416 e. The lowest BCUT2D eigenvalue weighted by molar-refractivity contribution is -0.137. The van der Waals surface area contributed by atoms with Crippen LogP contribution in [0.2, 0.25) is 0 Å². The van der Waals surface area contributed by atoms with Crippen LogP contribution in [0.3, 0.4) is 0 Å². The van der Waals surface area contributed by atoms with Gasteiger partial charge in [-0.3, -0.25) is 0 Å². The minimum atomic E-state index is -4.57. The van der Waals surface area contributed by atoms with Gasteiger partial charge in [0.05, 0.1) is 10.5 Å². The van der Waals surface area contributed by atoms with Crippen molar-refractivity contribution in [1.29, 1.82) is 0 Å². The standard InChI is InChI=1S/C14H11F3O3S/c1-21(19,20)13-4-2-9(3-5-13)10-6-11(14(15,16)17)8-12(18)7-10/h2-8,18H,1H3. The molecule has 2 rings (SSSR count). The van der Waals surface area contributed by atoms with Gasteiger partial charge in [0.15, 0.2) is 9.84 Å². The summed E-state index contributed by atoms with van der Waals surface area (Å²) in [4.78, 5) is 0.0717. The Morgan fingerprint density at radius 3 is 2.00 bits per heavy atom. The van der Waals surface area contributed by atoms with Crippen LogP contribution in [0, 0.1) is 0 Å². The van der Waals surface area contributed by atoms with Crippen LogP contribution in [0.4, 0.5) is 13.2 Å². The van der Waals surface area contributed by atoms with Crippen molar-refractivity contribution in [1.82, 2.24) is 0 Å². The third kappa shape index (κ3) is 3.55. The van der Waals surface area contributed by atoms with Crippen LogP contribution in [0.5, 0.6) is 5.75 Å². The molecule has 0 aliphatic carbocycles. The number of phenolic OH excluding ortho intramolecular Hbond substituents is 1. The molecular weight excluding hydrogens is 305 g/mol. The summed E-state index contributed by atoms with van der Waals surface area (Å²) in [6.45, 7) is 0. The third-order valence-corrected chi connectivity index (χ3v) is 3.99. The molecule has 2 aromatic carbocycles. The number of sulfone groups is 1. The summed E-state index contributed by atoms with van der Waals surface area (Å²) < 4.78 is 60.7. The normalized spacial score (nSPS) is 12.4. The largest absolute Gasteiger partial charge is 0.508 e. The molecule has 0 aromatic heterocycles. The van der Waals surface area contributed by atoms with Gasteiger partial charge in [0.1, 0.15) is 5.75 Å². The average Bonchev–Trinajstić information content (AvgIpc) is 2.36. The Hall–Kier alpha value is -2.02. The van der Waals surface area contributed by atoms with E-state index >= 15 is 0 Å². The van der Waals surface area contributed by atoms with Gasteiger partial charge in [0.25, 0.3) is 0 Å². The number of aromatic hydroxyl groups is 1. The number of rotatable bonds is 2. The van der Waals surface area contributed by atoms with Crippen LogP contribution in [-0.4, -0.2) is 19.8 Å². The molecule has 0 amide bonds. The van der Waals surface area contributed by atoms with E-state index in [0.29, 0.717) is 11.6 Å². The second-order valence-electron chi connectivity index (χ2n) is 4.56. The third-order valence-electron chi connectivity index (χ3n) is 2.86. The summed E-state index contributed by atoms with van der Waals surface area (Å²) in [6, 6.07) is 8.12. The first-order valence-corrected chi connectivity index (χ1v) is 7.68. The molecule has 3 nitrogen and oxygen atoms in total. The molecule has 0 aliphatic heterocycles. The fourth-order valence-electron chi connectivity index (χ4n) is 1.84. The van der Waals surface area contributed by atoms with Crippen LogP contribution in [-0.2, 0) is 16.0 Å². The fraction of sp³-hybridized carbons (Fsp3) is 0.143. The lowest BCUT2D eigenvalue weighted by Crippen LogP contribution is -2.04. The van der Waals surface area contributed by atoms with E-state index in [2.05, 4.69) is 0 Å². The number of phenols is 1.